The van der Waals surface area contributed by atoms with Gasteiger partial charge >= 0.3 is 0 Å². The number of hydrogen-bond donors (Lipinski definition) is 3. The molecule has 0 bridgehead atoms. The smallest absolute Gasteiger partial charge is 0.251 e. The van der Waals surface area contributed by atoms with Crippen LogP contribution in [0.25, 0.3) is 0 Å². The van der Waals surface area contributed by atoms with Crippen molar-refractivity contribution in [3.05, 3.63) is 59.9 Å². The molecule has 0 saturated carbocycles. The van der Waals surface area contributed by atoms with Crippen molar-refractivity contribution in [2.24, 2.45) is 0 Å². The second kappa shape index (κ2) is 9.24. The maximum atomic E-state index is 13.6. The number of carbonyl (C=O) groups excluding carboxylic acids is 2. The summed E-state index contributed by atoms with van der Waals surface area (Å²) in [5.74, 6) is -1.57. The van der Waals surface area contributed by atoms with Gasteiger partial charge in [0.25, 0.3) is 5.91 Å². The Morgan fingerprint density at radius 3 is 2.52 bits per heavy atom. The zero-order valence-corrected chi connectivity index (χ0v) is 15.5. The summed E-state index contributed by atoms with van der Waals surface area (Å²) in [7, 11) is -4.04. The van der Waals surface area contributed by atoms with E-state index in [0.717, 1.165) is 12.1 Å². The van der Waals surface area contributed by atoms with Crippen LogP contribution in [0.1, 0.15) is 23.7 Å². The van der Waals surface area contributed by atoms with Crippen molar-refractivity contribution in [1.82, 2.24) is 10.0 Å². The molecule has 0 aliphatic carbocycles. The molecule has 2 aromatic carbocycles. The Labute approximate surface area is 157 Å². The van der Waals surface area contributed by atoms with Crippen LogP contribution in [-0.2, 0) is 14.8 Å². The highest BCUT2D eigenvalue weighted by Crippen LogP contribution is 2.13. The first-order chi connectivity index (χ1) is 12.8. The number of sulfonamides is 1. The minimum absolute atomic E-state index is 0.154. The summed E-state index contributed by atoms with van der Waals surface area (Å²) < 4.78 is 39.9. The number of nitrogens with one attached hydrogen (secondary N) is 3. The third-order valence-electron chi connectivity index (χ3n) is 3.52. The van der Waals surface area contributed by atoms with Crippen LogP contribution in [0.2, 0.25) is 0 Å². The average molecular weight is 393 g/mol. The number of anilines is 1. The Bertz CT molecular complexity index is 932. The summed E-state index contributed by atoms with van der Waals surface area (Å²) >= 11 is 0. The van der Waals surface area contributed by atoms with Crippen LogP contribution in [0.5, 0.6) is 0 Å². The molecule has 0 unspecified atom stereocenters. The Morgan fingerprint density at radius 1 is 1.07 bits per heavy atom. The zero-order chi connectivity index (χ0) is 19.9. The van der Waals surface area contributed by atoms with Gasteiger partial charge in [-0.3, -0.25) is 9.59 Å². The van der Waals surface area contributed by atoms with Crippen molar-refractivity contribution in [2.45, 2.75) is 18.2 Å². The van der Waals surface area contributed by atoms with E-state index in [1.807, 2.05) is 0 Å². The molecule has 0 fully saturated rings. The number of hydrogen-bond acceptors (Lipinski definition) is 4. The van der Waals surface area contributed by atoms with Crippen LogP contribution in [-0.4, -0.2) is 33.3 Å². The third-order valence-corrected chi connectivity index (χ3v) is 5.01. The van der Waals surface area contributed by atoms with Gasteiger partial charge in [0.2, 0.25) is 15.9 Å². The molecule has 2 rings (SSSR count). The molecule has 0 saturated heterocycles. The summed E-state index contributed by atoms with van der Waals surface area (Å²) in [6.07, 6.45) is -0.154. The number of amides is 2. The predicted molar refractivity (Wildman–Crippen MR) is 99.3 cm³/mol. The number of halogens is 1. The van der Waals surface area contributed by atoms with Crippen molar-refractivity contribution >= 4 is 27.5 Å². The lowest BCUT2D eigenvalue weighted by molar-refractivity contribution is -0.116. The molecule has 0 heterocycles. The van der Waals surface area contributed by atoms with Gasteiger partial charge in [-0.15, -0.1) is 0 Å². The second-order valence-corrected chi connectivity index (χ2v) is 7.30. The molecule has 7 nitrogen and oxygen atoms in total. The van der Waals surface area contributed by atoms with Crippen molar-refractivity contribution in [2.75, 3.05) is 18.4 Å². The number of carbonyl (C=O) groups is 2. The Morgan fingerprint density at radius 2 is 1.81 bits per heavy atom. The fourth-order valence-electron chi connectivity index (χ4n) is 2.26. The standard InChI is InChI=1S/C18H20FN3O4S/c1-2-20-18(24)13-6-5-7-14(12-13)22-17(23)10-11-21-27(25,26)16-9-4-3-8-15(16)19/h3-9,12,21H,2,10-11H2,1H3,(H,20,24)(H,22,23). The van der Waals surface area contributed by atoms with Gasteiger partial charge in [-0.05, 0) is 37.3 Å². The molecule has 0 aliphatic rings. The fraction of sp³-hybridized carbons (Fsp3) is 0.222. The number of rotatable bonds is 8. The van der Waals surface area contributed by atoms with Gasteiger partial charge in [0.1, 0.15) is 10.7 Å². The van der Waals surface area contributed by atoms with Crippen LogP contribution >= 0.6 is 0 Å². The first kappa shape index (κ1) is 20.5. The van der Waals surface area contributed by atoms with E-state index in [1.54, 1.807) is 25.1 Å². The molecule has 2 amide bonds. The van der Waals surface area contributed by atoms with Crippen LogP contribution < -0.4 is 15.4 Å². The predicted octanol–water partition coefficient (Wildman–Crippen LogP) is 1.88. The Kier molecular flexibility index (Phi) is 7.03. The SMILES string of the molecule is CCNC(=O)c1cccc(NC(=O)CCNS(=O)(=O)c2ccccc2F)c1. The minimum Gasteiger partial charge on any atom is -0.352 e. The van der Waals surface area contributed by atoms with Gasteiger partial charge in [-0.25, -0.2) is 17.5 Å². The fourth-order valence-corrected chi connectivity index (χ4v) is 3.37. The second-order valence-electron chi connectivity index (χ2n) is 5.57. The van der Waals surface area contributed by atoms with Crippen LogP contribution in [0.15, 0.2) is 53.4 Å². The average Bonchev–Trinajstić information content (AvgIpc) is 2.62. The molecule has 9 heteroatoms. The molecule has 3 N–H and O–H groups in total. The summed E-state index contributed by atoms with van der Waals surface area (Å²) in [5.41, 5.74) is 0.815. The van der Waals surface area contributed by atoms with Gasteiger partial charge < -0.3 is 10.6 Å². The molecular weight excluding hydrogens is 373 g/mol. The summed E-state index contributed by atoms with van der Waals surface area (Å²) in [4.78, 5) is 23.3. The normalized spacial score (nSPS) is 11.0. The van der Waals surface area contributed by atoms with Gasteiger partial charge in [-0.1, -0.05) is 18.2 Å². The molecule has 0 atom stereocenters. The van der Waals surface area contributed by atoms with Crippen molar-refractivity contribution in [1.29, 1.82) is 0 Å². The van der Waals surface area contributed by atoms with Gasteiger partial charge in [0.15, 0.2) is 0 Å². The molecule has 0 spiro atoms. The van der Waals surface area contributed by atoms with Gasteiger partial charge in [-0.2, -0.15) is 0 Å². The van der Waals surface area contributed by atoms with Crippen molar-refractivity contribution in [3.8, 4) is 0 Å². The maximum Gasteiger partial charge on any atom is 0.251 e. The van der Waals surface area contributed by atoms with E-state index in [2.05, 4.69) is 15.4 Å². The molecule has 27 heavy (non-hydrogen) atoms. The van der Waals surface area contributed by atoms with E-state index in [9.17, 15) is 22.4 Å². The summed E-state index contributed by atoms with van der Waals surface area (Å²) in [5, 5.41) is 5.24. The molecule has 144 valence electrons. The van der Waals surface area contributed by atoms with Crippen LogP contribution in [0.4, 0.5) is 10.1 Å². The van der Waals surface area contributed by atoms with Crippen molar-refractivity contribution in [3.63, 3.8) is 0 Å². The maximum absolute atomic E-state index is 13.6. The molecular formula is C18H20FN3O4S. The minimum atomic E-state index is -4.04. The highest BCUT2D eigenvalue weighted by molar-refractivity contribution is 7.89. The lowest BCUT2D eigenvalue weighted by atomic mass is 10.2. The lowest BCUT2D eigenvalue weighted by Gasteiger charge is -2.09. The quantitative estimate of drug-likeness (QED) is 0.637. The van der Waals surface area contributed by atoms with E-state index in [4.69, 9.17) is 0 Å². The summed E-state index contributed by atoms with van der Waals surface area (Å²) in [6.45, 7) is 2.09. The Hall–Kier alpha value is -2.78. The van der Waals surface area contributed by atoms with Crippen molar-refractivity contribution < 1.29 is 22.4 Å². The van der Waals surface area contributed by atoms with E-state index in [1.165, 1.54) is 18.2 Å². The zero-order valence-electron chi connectivity index (χ0n) is 14.7. The van der Waals surface area contributed by atoms with Crippen LogP contribution in [0.3, 0.4) is 0 Å². The Balaban J connectivity index is 1.91. The van der Waals surface area contributed by atoms with Crippen LogP contribution in [0, 0.1) is 5.82 Å². The number of benzene rings is 2. The van der Waals surface area contributed by atoms with Gasteiger partial charge in [0, 0.05) is 30.8 Å². The first-order valence-electron chi connectivity index (χ1n) is 8.26. The first-order valence-corrected chi connectivity index (χ1v) is 9.74. The van der Waals surface area contributed by atoms with E-state index in [-0.39, 0.29) is 18.9 Å². The third kappa shape index (κ3) is 5.87. The largest absolute Gasteiger partial charge is 0.352 e. The molecule has 2 aromatic rings. The van der Waals surface area contributed by atoms with Gasteiger partial charge in [0.05, 0.1) is 0 Å². The highest BCUT2D eigenvalue weighted by Gasteiger charge is 2.18. The lowest BCUT2D eigenvalue weighted by Crippen LogP contribution is -2.28. The monoisotopic (exact) mass is 393 g/mol. The van der Waals surface area contributed by atoms with E-state index in [0.29, 0.717) is 17.8 Å². The summed E-state index contributed by atoms with van der Waals surface area (Å²) in [6, 6.07) is 11.4. The highest BCUT2D eigenvalue weighted by atomic mass is 32.2. The molecule has 0 aromatic heterocycles. The van der Waals surface area contributed by atoms with E-state index < -0.39 is 26.6 Å². The molecule has 0 aliphatic heterocycles. The topological polar surface area (TPSA) is 104 Å². The van der Waals surface area contributed by atoms with E-state index >= 15 is 0 Å². The molecule has 0 radical (unpaired) electrons.